The Morgan fingerprint density at radius 2 is 2.00 bits per heavy atom. The van der Waals surface area contributed by atoms with Crippen molar-refractivity contribution in [1.82, 2.24) is 14.6 Å². The van der Waals surface area contributed by atoms with Gasteiger partial charge in [-0.05, 0) is 41.6 Å². The Morgan fingerprint density at radius 3 is 2.77 bits per heavy atom. The van der Waals surface area contributed by atoms with E-state index in [9.17, 15) is 13.2 Å². The van der Waals surface area contributed by atoms with E-state index < -0.39 is 16.1 Å². The zero-order valence-electron chi connectivity index (χ0n) is 16.6. The summed E-state index contributed by atoms with van der Waals surface area (Å²) in [7, 11) is -3.91. The maximum atomic E-state index is 12.9. The Bertz CT molecular complexity index is 1290. The van der Waals surface area contributed by atoms with E-state index in [0.29, 0.717) is 35.1 Å². The second-order valence-electron chi connectivity index (χ2n) is 7.37. The molecule has 3 aromatic rings. The van der Waals surface area contributed by atoms with E-state index in [4.69, 9.17) is 16.9 Å². The fourth-order valence-electron chi connectivity index (χ4n) is 3.73. The SMILES string of the molecule is N=C(N)c1ccccc1CN1CCC(NS(=O)(=O)c2ccc3c(N)nccc3c2)C1=O. The van der Waals surface area contributed by atoms with E-state index in [1.165, 1.54) is 18.3 Å². The highest BCUT2D eigenvalue weighted by Crippen LogP contribution is 2.24. The second-order valence-corrected chi connectivity index (χ2v) is 9.09. The first-order valence-electron chi connectivity index (χ1n) is 9.64. The summed E-state index contributed by atoms with van der Waals surface area (Å²) in [6, 6.07) is 12.5. The third-order valence-electron chi connectivity index (χ3n) is 5.34. The van der Waals surface area contributed by atoms with Gasteiger partial charge in [0.15, 0.2) is 0 Å². The summed E-state index contributed by atoms with van der Waals surface area (Å²) in [5, 5.41) is 9.00. The number of amidine groups is 1. The molecule has 1 unspecified atom stereocenters. The van der Waals surface area contributed by atoms with E-state index in [-0.39, 0.29) is 23.2 Å². The molecule has 2 heterocycles. The quantitative estimate of drug-likeness (QED) is 0.334. The number of fused-ring (bicyclic) bond motifs is 1. The Labute approximate surface area is 179 Å². The van der Waals surface area contributed by atoms with Crippen LogP contribution in [-0.4, -0.2) is 42.6 Å². The van der Waals surface area contributed by atoms with Crippen molar-refractivity contribution in [3.05, 3.63) is 65.9 Å². The summed E-state index contributed by atoms with van der Waals surface area (Å²) in [6.45, 7) is 0.660. The molecule has 1 saturated heterocycles. The topological polar surface area (TPSA) is 155 Å². The summed E-state index contributed by atoms with van der Waals surface area (Å²) in [5.41, 5.74) is 12.8. The first-order chi connectivity index (χ1) is 14.8. The Kier molecular flexibility index (Phi) is 5.34. The van der Waals surface area contributed by atoms with Crippen molar-refractivity contribution >= 4 is 38.4 Å². The van der Waals surface area contributed by atoms with Crippen molar-refractivity contribution in [3.63, 3.8) is 0 Å². The number of nitrogens with two attached hydrogens (primary N) is 2. The lowest BCUT2D eigenvalue weighted by molar-refractivity contribution is -0.129. The number of hydrogen-bond donors (Lipinski definition) is 4. The highest BCUT2D eigenvalue weighted by atomic mass is 32.2. The van der Waals surface area contributed by atoms with Crippen LogP contribution in [-0.2, 0) is 21.4 Å². The molecule has 1 aliphatic rings. The number of hydrogen-bond acceptors (Lipinski definition) is 6. The van der Waals surface area contributed by atoms with Gasteiger partial charge in [-0.1, -0.05) is 24.3 Å². The minimum atomic E-state index is -3.91. The monoisotopic (exact) mass is 438 g/mol. The van der Waals surface area contributed by atoms with Crippen LogP contribution in [0, 0.1) is 5.41 Å². The van der Waals surface area contributed by atoms with Gasteiger partial charge in [0.05, 0.1) is 4.90 Å². The second kappa shape index (κ2) is 7.97. The van der Waals surface area contributed by atoms with Gasteiger partial charge in [0.25, 0.3) is 0 Å². The van der Waals surface area contributed by atoms with Gasteiger partial charge in [0, 0.05) is 30.2 Å². The molecule has 0 saturated carbocycles. The average molecular weight is 439 g/mol. The normalized spacial score (nSPS) is 16.7. The Balaban J connectivity index is 1.51. The molecule has 31 heavy (non-hydrogen) atoms. The number of benzene rings is 2. The third-order valence-corrected chi connectivity index (χ3v) is 6.81. The summed E-state index contributed by atoms with van der Waals surface area (Å²) in [6.07, 6.45) is 1.86. The van der Waals surface area contributed by atoms with Gasteiger partial charge < -0.3 is 16.4 Å². The van der Waals surface area contributed by atoms with Crippen LogP contribution in [0.5, 0.6) is 0 Å². The smallest absolute Gasteiger partial charge is 0.241 e. The number of likely N-dealkylation sites (tertiary alicyclic amines) is 1. The molecule has 0 spiro atoms. The predicted molar refractivity (Wildman–Crippen MR) is 118 cm³/mol. The highest BCUT2D eigenvalue weighted by Gasteiger charge is 2.35. The van der Waals surface area contributed by atoms with Gasteiger partial charge in [-0.25, -0.2) is 13.4 Å². The number of carbonyl (C=O) groups is 1. The summed E-state index contributed by atoms with van der Waals surface area (Å²) in [4.78, 5) is 18.5. The largest absolute Gasteiger partial charge is 0.384 e. The van der Waals surface area contributed by atoms with Gasteiger partial charge in [-0.2, -0.15) is 4.72 Å². The zero-order chi connectivity index (χ0) is 22.2. The number of anilines is 1. The maximum Gasteiger partial charge on any atom is 0.241 e. The number of nitrogen functional groups attached to an aromatic ring is 2. The van der Waals surface area contributed by atoms with Gasteiger partial charge in [0.1, 0.15) is 17.7 Å². The number of aromatic nitrogens is 1. The molecule has 1 amide bonds. The first-order valence-corrected chi connectivity index (χ1v) is 11.1. The van der Waals surface area contributed by atoms with E-state index in [1.807, 2.05) is 6.07 Å². The van der Waals surface area contributed by atoms with Crippen molar-refractivity contribution in [3.8, 4) is 0 Å². The van der Waals surface area contributed by atoms with E-state index in [0.717, 1.165) is 5.56 Å². The molecule has 0 aliphatic carbocycles. The van der Waals surface area contributed by atoms with Gasteiger partial charge in [-0.15, -0.1) is 0 Å². The van der Waals surface area contributed by atoms with Crippen LogP contribution in [0.1, 0.15) is 17.5 Å². The minimum absolute atomic E-state index is 0.0544. The molecule has 4 rings (SSSR count). The fraction of sp³-hybridized carbons (Fsp3) is 0.190. The van der Waals surface area contributed by atoms with Crippen LogP contribution in [0.3, 0.4) is 0 Å². The van der Waals surface area contributed by atoms with Crippen molar-refractivity contribution < 1.29 is 13.2 Å². The first kappa shape index (κ1) is 20.8. The molecule has 160 valence electrons. The molecular formula is C21H22N6O3S. The van der Waals surface area contributed by atoms with Crippen molar-refractivity contribution in [2.24, 2.45) is 5.73 Å². The number of nitrogens with one attached hydrogen (secondary N) is 2. The number of rotatable bonds is 6. The lowest BCUT2D eigenvalue weighted by Gasteiger charge is -2.19. The molecule has 0 radical (unpaired) electrons. The van der Waals surface area contributed by atoms with Crippen LogP contribution in [0.2, 0.25) is 0 Å². The van der Waals surface area contributed by atoms with Crippen molar-refractivity contribution in [2.75, 3.05) is 12.3 Å². The van der Waals surface area contributed by atoms with Crippen LogP contribution in [0.4, 0.5) is 5.82 Å². The fourth-order valence-corrected chi connectivity index (χ4v) is 4.99. The summed E-state index contributed by atoms with van der Waals surface area (Å²) < 4.78 is 28.3. The van der Waals surface area contributed by atoms with Crippen LogP contribution in [0.15, 0.2) is 59.6 Å². The van der Waals surface area contributed by atoms with Crippen LogP contribution >= 0.6 is 0 Å². The molecule has 2 aromatic carbocycles. The van der Waals surface area contributed by atoms with Crippen LogP contribution in [0.25, 0.3) is 10.8 Å². The Hall–Kier alpha value is -3.50. The van der Waals surface area contributed by atoms with Crippen molar-refractivity contribution in [2.45, 2.75) is 23.9 Å². The summed E-state index contributed by atoms with van der Waals surface area (Å²) in [5.74, 6) is -0.0651. The van der Waals surface area contributed by atoms with Crippen molar-refractivity contribution in [1.29, 1.82) is 5.41 Å². The number of carbonyl (C=O) groups excluding carboxylic acids is 1. The third kappa shape index (κ3) is 4.07. The number of nitrogens with zero attached hydrogens (tertiary/aromatic N) is 2. The van der Waals surface area contributed by atoms with Gasteiger partial charge >= 0.3 is 0 Å². The number of sulfonamides is 1. The van der Waals surface area contributed by atoms with Gasteiger partial charge in [-0.3, -0.25) is 10.2 Å². The van der Waals surface area contributed by atoms with E-state index in [2.05, 4.69) is 9.71 Å². The number of pyridine rings is 1. The molecule has 1 atom stereocenters. The molecule has 1 aromatic heterocycles. The lowest BCUT2D eigenvalue weighted by atomic mass is 10.1. The van der Waals surface area contributed by atoms with E-state index >= 15 is 0 Å². The van der Waals surface area contributed by atoms with E-state index in [1.54, 1.807) is 35.2 Å². The molecular weight excluding hydrogens is 416 g/mol. The lowest BCUT2D eigenvalue weighted by Crippen LogP contribution is -2.41. The average Bonchev–Trinajstić information content (AvgIpc) is 3.07. The molecule has 0 bridgehead atoms. The molecule has 9 nitrogen and oxygen atoms in total. The standard InChI is InChI=1S/C21H22N6O3S/c22-19(23)16-4-2-1-3-14(16)12-27-10-8-18(21(27)28)26-31(29,30)15-5-6-17-13(11-15)7-9-25-20(17)24/h1-7,9,11,18,26H,8,10,12H2,(H3,22,23)(H2,24,25). The molecule has 6 N–H and O–H groups in total. The minimum Gasteiger partial charge on any atom is -0.384 e. The summed E-state index contributed by atoms with van der Waals surface area (Å²) >= 11 is 0. The van der Waals surface area contributed by atoms with Crippen LogP contribution < -0.4 is 16.2 Å². The Morgan fingerprint density at radius 1 is 1.23 bits per heavy atom. The molecule has 1 aliphatic heterocycles. The molecule has 10 heteroatoms. The number of amides is 1. The highest BCUT2D eigenvalue weighted by molar-refractivity contribution is 7.89. The molecule has 1 fully saturated rings. The maximum absolute atomic E-state index is 12.9. The predicted octanol–water partition coefficient (Wildman–Crippen LogP) is 1.18. The zero-order valence-corrected chi connectivity index (χ0v) is 17.4. The van der Waals surface area contributed by atoms with Gasteiger partial charge in [0.2, 0.25) is 15.9 Å².